The average molecular weight is 268 g/mol. The lowest BCUT2D eigenvalue weighted by molar-refractivity contribution is 0.241. The van der Waals surface area contributed by atoms with E-state index in [1.54, 1.807) is 0 Å². The van der Waals surface area contributed by atoms with Crippen molar-refractivity contribution in [2.45, 2.75) is 19.4 Å². The maximum atomic E-state index is 6.23. The third kappa shape index (κ3) is 3.37. The molecular weight excluding hydrogens is 246 g/mol. The second-order valence-electron chi connectivity index (χ2n) is 4.91. The van der Waals surface area contributed by atoms with Crippen molar-refractivity contribution in [3.8, 4) is 0 Å². The van der Waals surface area contributed by atoms with Gasteiger partial charge < -0.3 is 10.6 Å². The van der Waals surface area contributed by atoms with E-state index in [9.17, 15) is 0 Å². The zero-order valence-corrected chi connectivity index (χ0v) is 11.7. The number of nitrogens with two attached hydrogens (primary N) is 1. The summed E-state index contributed by atoms with van der Waals surface area (Å²) in [6.45, 7) is 7.34. The number of halogens is 1. The van der Waals surface area contributed by atoms with Crippen molar-refractivity contribution >= 4 is 17.3 Å². The van der Waals surface area contributed by atoms with E-state index < -0.39 is 0 Å². The number of hydrogen-bond donors (Lipinski definition) is 1. The molecule has 2 N–H and O–H groups in total. The molecule has 1 aliphatic heterocycles. The Labute approximate surface area is 115 Å². The number of anilines is 1. The molecule has 1 aliphatic rings. The second kappa shape index (κ2) is 6.41. The first kappa shape index (κ1) is 13.7. The van der Waals surface area contributed by atoms with E-state index in [0.717, 1.165) is 49.9 Å². The molecule has 0 saturated carbocycles. The van der Waals surface area contributed by atoms with Gasteiger partial charge in [-0.15, -0.1) is 0 Å². The highest BCUT2D eigenvalue weighted by molar-refractivity contribution is 6.33. The molecule has 4 heteroatoms. The van der Waals surface area contributed by atoms with Gasteiger partial charge in [-0.1, -0.05) is 30.7 Å². The van der Waals surface area contributed by atoms with Crippen LogP contribution in [0.15, 0.2) is 24.3 Å². The molecule has 1 unspecified atom stereocenters. The van der Waals surface area contributed by atoms with Gasteiger partial charge >= 0.3 is 0 Å². The monoisotopic (exact) mass is 267 g/mol. The normalized spacial score (nSPS) is 18.9. The quantitative estimate of drug-likeness (QED) is 0.908. The Kier molecular flexibility index (Phi) is 4.87. The predicted octanol–water partition coefficient (Wildman–Crippen LogP) is 2.20. The van der Waals surface area contributed by atoms with E-state index in [-0.39, 0.29) is 0 Å². The van der Waals surface area contributed by atoms with Crippen LogP contribution in [0.4, 0.5) is 5.69 Å². The molecule has 18 heavy (non-hydrogen) atoms. The summed E-state index contributed by atoms with van der Waals surface area (Å²) >= 11 is 6.23. The molecule has 0 bridgehead atoms. The van der Waals surface area contributed by atoms with Gasteiger partial charge in [-0.25, -0.2) is 0 Å². The van der Waals surface area contributed by atoms with Crippen LogP contribution in [0.1, 0.15) is 13.3 Å². The number of para-hydroxylation sites is 1. The predicted molar refractivity (Wildman–Crippen MR) is 78.4 cm³/mol. The van der Waals surface area contributed by atoms with Gasteiger partial charge in [0.1, 0.15) is 0 Å². The SMILES string of the molecule is CCC(N)CN1CCN(c2ccccc2Cl)CC1. The minimum Gasteiger partial charge on any atom is -0.368 e. The number of hydrogen-bond acceptors (Lipinski definition) is 3. The first-order valence-electron chi connectivity index (χ1n) is 6.68. The molecule has 0 aliphatic carbocycles. The molecule has 0 amide bonds. The summed E-state index contributed by atoms with van der Waals surface area (Å²) in [5.74, 6) is 0. The summed E-state index contributed by atoms with van der Waals surface area (Å²) in [5.41, 5.74) is 7.15. The fraction of sp³-hybridized carbons (Fsp3) is 0.571. The molecule has 0 radical (unpaired) electrons. The van der Waals surface area contributed by atoms with Crippen LogP contribution in [0.5, 0.6) is 0 Å². The summed E-state index contributed by atoms with van der Waals surface area (Å²) in [7, 11) is 0. The molecule has 1 fully saturated rings. The highest BCUT2D eigenvalue weighted by atomic mass is 35.5. The molecule has 100 valence electrons. The zero-order chi connectivity index (χ0) is 13.0. The van der Waals surface area contributed by atoms with Crippen LogP contribution in [0.2, 0.25) is 5.02 Å². The van der Waals surface area contributed by atoms with E-state index in [2.05, 4.69) is 22.8 Å². The first-order chi connectivity index (χ1) is 8.70. The minimum absolute atomic E-state index is 0.303. The van der Waals surface area contributed by atoms with Crippen LogP contribution >= 0.6 is 11.6 Å². The molecule has 1 aromatic carbocycles. The van der Waals surface area contributed by atoms with Crippen molar-refractivity contribution in [2.24, 2.45) is 5.73 Å². The lowest BCUT2D eigenvalue weighted by atomic mass is 10.2. The molecule has 1 aromatic rings. The summed E-state index contributed by atoms with van der Waals surface area (Å²) in [4.78, 5) is 4.80. The first-order valence-corrected chi connectivity index (χ1v) is 7.06. The smallest absolute Gasteiger partial charge is 0.0639 e. The Hall–Kier alpha value is -0.770. The molecule has 0 aromatic heterocycles. The number of piperazine rings is 1. The van der Waals surface area contributed by atoms with E-state index in [0.29, 0.717) is 6.04 Å². The van der Waals surface area contributed by atoms with Crippen LogP contribution in [0.3, 0.4) is 0 Å². The summed E-state index contributed by atoms with van der Waals surface area (Å²) in [5, 5.41) is 0.844. The summed E-state index contributed by atoms with van der Waals surface area (Å²) in [6, 6.07) is 8.37. The lowest BCUT2D eigenvalue weighted by Crippen LogP contribution is -2.49. The molecule has 0 spiro atoms. The summed E-state index contributed by atoms with van der Waals surface area (Å²) < 4.78 is 0. The van der Waals surface area contributed by atoms with Crippen LogP contribution in [0.25, 0.3) is 0 Å². The standard InChI is InChI=1S/C14H22ClN3/c1-2-12(16)11-17-7-9-18(10-8-17)14-6-4-3-5-13(14)15/h3-6,12H,2,7-11,16H2,1H3. The highest BCUT2D eigenvalue weighted by Gasteiger charge is 2.19. The summed E-state index contributed by atoms with van der Waals surface area (Å²) in [6.07, 6.45) is 1.05. The Morgan fingerprint density at radius 2 is 1.89 bits per heavy atom. The molecule has 1 atom stereocenters. The third-order valence-corrected chi connectivity index (χ3v) is 3.90. The highest BCUT2D eigenvalue weighted by Crippen LogP contribution is 2.25. The Morgan fingerprint density at radius 3 is 2.50 bits per heavy atom. The van der Waals surface area contributed by atoms with Gasteiger partial charge in [-0.2, -0.15) is 0 Å². The fourth-order valence-electron chi connectivity index (χ4n) is 2.34. The molecular formula is C14H22ClN3. The number of rotatable bonds is 4. The third-order valence-electron chi connectivity index (χ3n) is 3.58. The topological polar surface area (TPSA) is 32.5 Å². The van der Waals surface area contributed by atoms with Gasteiger partial charge in [0.15, 0.2) is 0 Å². The van der Waals surface area contributed by atoms with Gasteiger partial charge in [-0.3, -0.25) is 4.90 Å². The second-order valence-corrected chi connectivity index (χ2v) is 5.31. The van der Waals surface area contributed by atoms with Crippen molar-refractivity contribution in [3.05, 3.63) is 29.3 Å². The maximum Gasteiger partial charge on any atom is 0.0639 e. The van der Waals surface area contributed by atoms with Gasteiger partial charge in [0.25, 0.3) is 0 Å². The van der Waals surface area contributed by atoms with Crippen LogP contribution in [0, 0.1) is 0 Å². The van der Waals surface area contributed by atoms with E-state index in [4.69, 9.17) is 17.3 Å². The van der Waals surface area contributed by atoms with E-state index in [1.807, 2.05) is 18.2 Å². The molecule has 1 saturated heterocycles. The maximum absolute atomic E-state index is 6.23. The van der Waals surface area contributed by atoms with Crippen LogP contribution in [-0.4, -0.2) is 43.7 Å². The van der Waals surface area contributed by atoms with Crippen molar-refractivity contribution < 1.29 is 0 Å². The van der Waals surface area contributed by atoms with Gasteiger partial charge in [-0.05, 0) is 18.6 Å². The van der Waals surface area contributed by atoms with Crippen LogP contribution in [-0.2, 0) is 0 Å². The van der Waals surface area contributed by atoms with Gasteiger partial charge in [0.05, 0.1) is 10.7 Å². The fourth-order valence-corrected chi connectivity index (χ4v) is 2.60. The van der Waals surface area contributed by atoms with Crippen molar-refractivity contribution in [1.82, 2.24) is 4.90 Å². The Balaban J connectivity index is 1.89. The molecule has 3 nitrogen and oxygen atoms in total. The Bertz CT molecular complexity index is 375. The minimum atomic E-state index is 0.303. The largest absolute Gasteiger partial charge is 0.368 e. The van der Waals surface area contributed by atoms with Crippen LogP contribution < -0.4 is 10.6 Å². The number of benzene rings is 1. The van der Waals surface area contributed by atoms with Crippen molar-refractivity contribution in [3.63, 3.8) is 0 Å². The van der Waals surface area contributed by atoms with Gasteiger partial charge in [0, 0.05) is 38.8 Å². The van der Waals surface area contributed by atoms with E-state index >= 15 is 0 Å². The lowest BCUT2D eigenvalue weighted by Gasteiger charge is -2.37. The van der Waals surface area contributed by atoms with Gasteiger partial charge in [0.2, 0.25) is 0 Å². The molecule has 2 rings (SSSR count). The van der Waals surface area contributed by atoms with E-state index in [1.165, 1.54) is 0 Å². The van der Waals surface area contributed by atoms with Crippen molar-refractivity contribution in [2.75, 3.05) is 37.6 Å². The Morgan fingerprint density at radius 1 is 1.22 bits per heavy atom. The van der Waals surface area contributed by atoms with Crippen molar-refractivity contribution in [1.29, 1.82) is 0 Å². The zero-order valence-electron chi connectivity index (χ0n) is 11.0. The number of nitrogens with zero attached hydrogens (tertiary/aromatic N) is 2. The average Bonchev–Trinajstić information content (AvgIpc) is 2.40. The molecule has 1 heterocycles.